The molecular formula is C23H26N2O3. The first-order chi connectivity index (χ1) is 13.5. The third kappa shape index (κ3) is 5.06. The fourth-order valence-electron chi connectivity index (χ4n) is 3.43. The van der Waals surface area contributed by atoms with Gasteiger partial charge in [0, 0.05) is 44.6 Å². The van der Waals surface area contributed by atoms with Gasteiger partial charge in [0.15, 0.2) is 0 Å². The minimum Gasteiger partial charge on any atom is -0.341 e. The molecule has 5 heteroatoms. The fraction of sp³-hybridized carbons (Fsp3) is 0.348. The lowest BCUT2D eigenvalue weighted by atomic mass is 10.0. The molecule has 1 aliphatic rings. The summed E-state index contributed by atoms with van der Waals surface area (Å²) in [5.41, 5.74) is 2.86. The van der Waals surface area contributed by atoms with Crippen molar-refractivity contribution >= 4 is 17.6 Å². The maximum atomic E-state index is 12.9. The Morgan fingerprint density at radius 2 is 1.36 bits per heavy atom. The number of carbonyl (C=O) groups excluding carboxylic acids is 3. The molecule has 2 amide bonds. The normalized spacial score (nSPS) is 14.5. The number of amides is 2. The zero-order valence-corrected chi connectivity index (χ0v) is 16.3. The molecule has 1 heterocycles. The highest BCUT2D eigenvalue weighted by atomic mass is 16.2. The number of hydrogen-bond acceptors (Lipinski definition) is 3. The van der Waals surface area contributed by atoms with E-state index in [-0.39, 0.29) is 30.4 Å². The van der Waals surface area contributed by atoms with Crippen LogP contribution in [0.3, 0.4) is 0 Å². The zero-order valence-electron chi connectivity index (χ0n) is 16.3. The number of rotatable bonds is 5. The molecule has 0 bridgehead atoms. The highest BCUT2D eigenvalue weighted by Gasteiger charge is 2.22. The van der Waals surface area contributed by atoms with Gasteiger partial charge in [-0.25, -0.2) is 0 Å². The van der Waals surface area contributed by atoms with E-state index in [1.165, 1.54) is 6.92 Å². The lowest BCUT2D eigenvalue weighted by molar-refractivity contribution is -0.132. The highest BCUT2D eigenvalue weighted by molar-refractivity contribution is 5.94. The van der Waals surface area contributed by atoms with Crippen molar-refractivity contribution in [3.05, 3.63) is 60.2 Å². The number of ketones is 1. The molecule has 1 fully saturated rings. The first-order valence-electron chi connectivity index (χ1n) is 9.76. The molecule has 146 valence electrons. The molecule has 5 nitrogen and oxygen atoms in total. The van der Waals surface area contributed by atoms with Crippen molar-refractivity contribution in [3.63, 3.8) is 0 Å². The van der Waals surface area contributed by atoms with Crippen LogP contribution in [0.1, 0.15) is 36.5 Å². The Bertz CT molecular complexity index is 831. The van der Waals surface area contributed by atoms with Crippen molar-refractivity contribution in [2.75, 3.05) is 26.2 Å². The summed E-state index contributed by atoms with van der Waals surface area (Å²) in [6.07, 6.45) is 1.29. The summed E-state index contributed by atoms with van der Waals surface area (Å²) in [7, 11) is 0. The van der Waals surface area contributed by atoms with E-state index in [0.717, 1.165) is 17.5 Å². The van der Waals surface area contributed by atoms with E-state index < -0.39 is 0 Å². The molecule has 2 aromatic rings. The largest absolute Gasteiger partial charge is 0.341 e. The SMILES string of the molecule is CC(=O)CCC(=O)N1CCCN(C(=O)c2ccc(-c3ccccc3)cc2)CC1. The van der Waals surface area contributed by atoms with Crippen LogP contribution in [0.4, 0.5) is 0 Å². The molecule has 28 heavy (non-hydrogen) atoms. The average Bonchev–Trinajstić information content (AvgIpc) is 2.98. The second-order valence-electron chi connectivity index (χ2n) is 7.17. The Kier molecular flexibility index (Phi) is 6.58. The fourth-order valence-corrected chi connectivity index (χ4v) is 3.43. The summed E-state index contributed by atoms with van der Waals surface area (Å²) >= 11 is 0. The number of benzene rings is 2. The number of nitrogens with zero attached hydrogens (tertiary/aromatic N) is 2. The van der Waals surface area contributed by atoms with E-state index >= 15 is 0 Å². The third-order valence-corrected chi connectivity index (χ3v) is 5.07. The lowest BCUT2D eigenvalue weighted by Crippen LogP contribution is -2.37. The van der Waals surface area contributed by atoms with Crippen LogP contribution in [-0.2, 0) is 9.59 Å². The molecular weight excluding hydrogens is 352 g/mol. The summed E-state index contributed by atoms with van der Waals surface area (Å²) in [5, 5.41) is 0. The van der Waals surface area contributed by atoms with Crippen molar-refractivity contribution in [2.24, 2.45) is 0 Å². The molecule has 3 rings (SSSR count). The van der Waals surface area contributed by atoms with Crippen LogP contribution in [0, 0.1) is 0 Å². The van der Waals surface area contributed by atoms with Gasteiger partial charge in [-0.1, -0.05) is 42.5 Å². The number of carbonyl (C=O) groups is 3. The molecule has 1 saturated heterocycles. The molecule has 0 spiro atoms. The predicted molar refractivity (Wildman–Crippen MR) is 109 cm³/mol. The van der Waals surface area contributed by atoms with Crippen molar-refractivity contribution < 1.29 is 14.4 Å². The second-order valence-corrected chi connectivity index (χ2v) is 7.17. The molecule has 0 aromatic heterocycles. The minimum atomic E-state index is -0.00304. The molecule has 0 aliphatic carbocycles. The van der Waals surface area contributed by atoms with Gasteiger partial charge in [-0.15, -0.1) is 0 Å². The Morgan fingerprint density at radius 1 is 0.750 bits per heavy atom. The van der Waals surface area contributed by atoms with Gasteiger partial charge in [-0.05, 0) is 36.6 Å². The topological polar surface area (TPSA) is 57.7 Å². The van der Waals surface area contributed by atoms with E-state index in [9.17, 15) is 14.4 Å². The van der Waals surface area contributed by atoms with Crippen molar-refractivity contribution in [1.29, 1.82) is 0 Å². The monoisotopic (exact) mass is 378 g/mol. The summed E-state index contributed by atoms with van der Waals surface area (Å²) in [4.78, 5) is 39.8. The van der Waals surface area contributed by atoms with E-state index in [0.29, 0.717) is 31.7 Å². The summed E-state index contributed by atoms with van der Waals surface area (Å²) in [5.74, 6) is 0.0216. The smallest absolute Gasteiger partial charge is 0.253 e. The number of hydrogen-bond donors (Lipinski definition) is 0. The Hall–Kier alpha value is -2.95. The quantitative estimate of drug-likeness (QED) is 0.801. The Labute approximate surface area is 166 Å². The highest BCUT2D eigenvalue weighted by Crippen LogP contribution is 2.20. The molecule has 0 saturated carbocycles. The van der Waals surface area contributed by atoms with E-state index in [2.05, 4.69) is 0 Å². The molecule has 1 aliphatic heterocycles. The Balaban J connectivity index is 1.60. The molecule has 0 N–H and O–H groups in total. The average molecular weight is 378 g/mol. The number of Topliss-reactive ketones (excluding diaryl/α,β-unsaturated/α-hetero) is 1. The second kappa shape index (κ2) is 9.31. The Morgan fingerprint density at radius 3 is 2.04 bits per heavy atom. The van der Waals surface area contributed by atoms with Crippen molar-refractivity contribution in [1.82, 2.24) is 9.80 Å². The lowest BCUT2D eigenvalue weighted by Gasteiger charge is -2.22. The third-order valence-electron chi connectivity index (χ3n) is 5.07. The summed E-state index contributed by atoms with van der Waals surface area (Å²) < 4.78 is 0. The maximum absolute atomic E-state index is 12.9. The van der Waals surface area contributed by atoms with Crippen LogP contribution in [0.2, 0.25) is 0 Å². The summed E-state index contributed by atoms with van der Waals surface area (Å²) in [6, 6.07) is 17.7. The molecule has 0 unspecified atom stereocenters. The molecule has 2 aromatic carbocycles. The van der Waals surface area contributed by atoms with Gasteiger partial charge in [0.05, 0.1) is 0 Å². The standard InChI is InChI=1S/C23H26N2O3/c1-18(26)8-13-22(27)24-14-5-15-25(17-16-24)23(28)21-11-9-20(10-12-21)19-6-3-2-4-7-19/h2-4,6-7,9-12H,5,8,13-17H2,1H3. The van der Waals surface area contributed by atoms with Crippen LogP contribution in [-0.4, -0.2) is 53.6 Å². The van der Waals surface area contributed by atoms with E-state index in [4.69, 9.17) is 0 Å². The van der Waals surface area contributed by atoms with Gasteiger partial charge < -0.3 is 14.6 Å². The van der Waals surface area contributed by atoms with Gasteiger partial charge in [0.2, 0.25) is 5.91 Å². The van der Waals surface area contributed by atoms with Gasteiger partial charge in [-0.3, -0.25) is 9.59 Å². The van der Waals surface area contributed by atoms with Crippen molar-refractivity contribution in [3.8, 4) is 11.1 Å². The van der Waals surface area contributed by atoms with E-state index in [1.54, 1.807) is 4.90 Å². The van der Waals surface area contributed by atoms with Crippen LogP contribution in [0.25, 0.3) is 11.1 Å². The zero-order chi connectivity index (χ0) is 19.9. The van der Waals surface area contributed by atoms with Crippen molar-refractivity contribution in [2.45, 2.75) is 26.2 Å². The van der Waals surface area contributed by atoms with Gasteiger partial charge in [-0.2, -0.15) is 0 Å². The van der Waals surface area contributed by atoms with Crippen LogP contribution in [0.15, 0.2) is 54.6 Å². The van der Waals surface area contributed by atoms with Gasteiger partial charge in [0.25, 0.3) is 5.91 Å². The minimum absolute atomic E-state index is 0.00218. The first kappa shape index (κ1) is 19.8. The van der Waals surface area contributed by atoms with Gasteiger partial charge in [0.1, 0.15) is 5.78 Å². The molecule has 0 radical (unpaired) electrons. The van der Waals surface area contributed by atoms with Crippen LogP contribution >= 0.6 is 0 Å². The van der Waals surface area contributed by atoms with Crippen LogP contribution in [0.5, 0.6) is 0 Å². The van der Waals surface area contributed by atoms with Crippen LogP contribution < -0.4 is 0 Å². The summed E-state index contributed by atoms with van der Waals surface area (Å²) in [6.45, 7) is 3.80. The predicted octanol–water partition coefficient (Wildman–Crippen LogP) is 3.40. The molecule has 0 atom stereocenters. The first-order valence-corrected chi connectivity index (χ1v) is 9.76. The maximum Gasteiger partial charge on any atom is 0.253 e. The van der Waals surface area contributed by atoms with E-state index in [1.807, 2.05) is 59.5 Å². The van der Waals surface area contributed by atoms with Gasteiger partial charge >= 0.3 is 0 Å².